The smallest absolute Gasteiger partial charge is 0.294 e. The van der Waals surface area contributed by atoms with Crippen molar-refractivity contribution in [1.82, 2.24) is 4.90 Å². The molecule has 150 valence electrons. The maximum atomic E-state index is 13.3. The van der Waals surface area contributed by atoms with Crippen LogP contribution in [-0.2, 0) is 9.59 Å². The molecule has 1 N–H and O–H groups in total. The van der Waals surface area contributed by atoms with E-state index in [1.807, 2.05) is 6.92 Å². The predicted molar refractivity (Wildman–Crippen MR) is 113 cm³/mol. The van der Waals surface area contributed by atoms with Gasteiger partial charge in [0, 0.05) is 5.69 Å². The van der Waals surface area contributed by atoms with Crippen molar-refractivity contribution in [3.63, 3.8) is 0 Å². The third kappa shape index (κ3) is 5.24. The number of hydrogen-bond acceptors (Lipinski definition) is 5. The first-order valence-electron chi connectivity index (χ1n) is 8.60. The quantitative estimate of drug-likeness (QED) is 0.610. The van der Waals surface area contributed by atoms with Gasteiger partial charge in [-0.1, -0.05) is 6.07 Å². The minimum Gasteiger partial charge on any atom is -0.494 e. The molecular formula is C20H16BrFN2O4S. The summed E-state index contributed by atoms with van der Waals surface area (Å²) in [5, 5.41) is 2.10. The van der Waals surface area contributed by atoms with Gasteiger partial charge in [-0.2, -0.15) is 0 Å². The molecule has 1 saturated heterocycles. The molecule has 0 aromatic heterocycles. The van der Waals surface area contributed by atoms with Crippen LogP contribution < -0.4 is 10.1 Å². The number of rotatable bonds is 6. The number of benzene rings is 2. The summed E-state index contributed by atoms with van der Waals surface area (Å²) in [6.07, 6.45) is 1.49. The summed E-state index contributed by atoms with van der Waals surface area (Å²) in [7, 11) is 0. The molecule has 0 atom stereocenters. The normalized spacial score (nSPS) is 15.1. The van der Waals surface area contributed by atoms with Gasteiger partial charge in [-0.3, -0.25) is 19.3 Å². The lowest BCUT2D eigenvalue weighted by Gasteiger charge is -2.12. The molecule has 0 spiro atoms. The summed E-state index contributed by atoms with van der Waals surface area (Å²) >= 11 is 3.81. The van der Waals surface area contributed by atoms with Crippen LogP contribution in [0.25, 0.3) is 6.08 Å². The zero-order valence-electron chi connectivity index (χ0n) is 15.3. The van der Waals surface area contributed by atoms with Crippen molar-refractivity contribution >= 4 is 56.5 Å². The first-order valence-corrected chi connectivity index (χ1v) is 10.2. The minimum atomic E-state index is -0.567. The van der Waals surface area contributed by atoms with Crippen molar-refractivity contribution in [2.24, 2.45) is 0 Å². The number of anilines is 1. The van der Waals surface area contributed by atoms with Gasteiger partial charge in [0.1, 0.15) is 18.1 Å². The van der Waals surface area contributed by atoms with Crippen molar-refractivity contribution in [3.8, 4) is 5.75 Å². The van der Waals surface area contributed by atoms with Crippen molar-refractivity contribution in [3.05, 3.63) is 63.2 Å². The van der Waals surface area contributed by atoms with Gasteiger partial charge >= 0.3 is 0 Å². The van der Waals surface area contributed by atoms with Gasteiger partial charge in [-0.15, -0.1) is 0 Å². The molecule has 2 aromatic rings. The van der Waals surface area contributed by atoms with E-state index in [2.05, 4.69) is 21.2 Å². The van der Waals surface area contributed by atoms with E-state index < -0.39 is 29.4 Å². The van der Waals surface area contributed by atoms with Crippen LogP contribution in [0.2, 0.25) is 0 Å². The highest BCUT2D eigenvalue weighted by atomic mass is 79.9. The average Bonchev–Trinajstić information content (AvgIpc) is 2.94. The van der Waals surface area contributed by atoms with Crippen LogP contribution >= 0.6 is 27.7 Å². The van der Waals surface area contributed by atoms with Gasteiger partial charge in [-0.25, -0.2) is 4.39 Å². The standard InChI is InChI=1S/C20H16BrFN2O4S/c1-2-28-14-6-4-13(5-7-14)23-18(25)11-24-19(26)17(29-20(24)27)10-12-3-8-16(22)15(21)9-12/h3-10H,2,11H2,1H3,(H,23,25)/b17-10+. The molecule has 1 fully saturated rings. The zero-order chi connectivity index (χ0) is 21.0. The summed E-state index contributed by atoms with van der Waals surface area (Å²) in [6.45, 7) is 2.00. The molecule has 1 aliphatic heterocycles. The second-order valence-electron chi connectivity index (χ2n) is 5.95. The lowest BCUT2D eigenvalue weighted by atomic mass is 10.2. The highest BCUT2D eigenvalue weighted by molar-refractivity contribution is 9.10. The first-order chi connectivity index (χ1) is 13.9. The molecule has 0 radical (unpaired) electrons. The van der Waals surface area contributed by atoms with Crippen LogP contribution in [0.5, 0.6) is 5.75 Å². The van der Waals surface area contributed by atoms with E-state index in [-0.39, 0.29) is 9.38 Å². The molecule has 2 aromatic carbocycles. The number of nitrogens with one attached hydrogen (secondary N) is 1. The molecule has 0 bridgehead atoms. The highest BCUT2D eigenvalue weighted by Crippen LogP contribution is 2.32. The maximum absolute atomic E-state index is 13.3. The fraction of sp³-hybridized carbons (Fsp3) is 0.150. The second kappa shape index (κ2) is 9.23. The lowest BCUT2D eigenvalue weighted by Crippen LogP contribution is -2.36. The average molecular weight is 479 g/mol. The Bertz CT molecular complexity index is 994. The number of nitrogens with zero attached hydrogens (tertiary/aromatic N) is 1. The number of imide groups is 1. The molecule has 9 heteroatoms. The molecule has 0 unspecified atom stereocenters. The van der Waals surface area contributed by atoms with E-state index in [0.29, 0.717) is 23.6 Å². The molecule has 0 saturated carbocycles. The van der Waals surface area contributed by atoms with Gasteiger partial charge < -0.3 is 10.1 Å². The van der Waals surface area contributed by atoms with Crippen LogP contribution in [-0.4, -0.2) is 35.1 Å². The predicted octanol–water partition coefficient (Wildman–Crippen LogP) is 4.66. The van der Waals surface area contributed by atoms with Gasteiger partial charge in [0.15, 0.2) is 0 Å². The highest BCUT2D eigenvalue weighted by Gasteiger charge is 2.36. The Balaban J connectivity index is 1.65. The Labute approximate surface area is 179 Å². The molecule has 3 rings (SSSR count). The van der Waals surface area contributed by atoms with E-state index in [1.54, 1.807) is 24.3 Å². The molecular weight excluding hydrogens is 463 g/mol. The third-order valence-corrected chi connectivity index (χ3v) is 5.38. The van der Waals surface area contributed by atoms with E-state index in [4.69, 9.17) is 4.74 Å². The summed E-state index contributed by atoms with van der Waals surface area (Å²) in [4.78, 5) is 38.0. The third-order valence-electron chi connectivity index (χ3n) is 3.87. The van der Waals surface area contributed by atoms with Crippen LogP contribution in [0, 0.1) is 5.82 Å². The van der Waals surface area contributed by atoms with Crippen LogP contribution in [0.1, 0.15) is 12.5 Å². The second-order valence-corrected chi connectivity index (χ2v) is 7.79. The summed E-state index contributed by atoms with van der Waals surface area (Å²) in [6, 6.07) is 11.0. The Morgan fingerprint density at radius 1 is 1.24 bits per heavy atom. The molecule has 29 heavy (non-hydrogen) atoms. The summed E-state index contributed by atoms with van der Waals surface area (Å²) in [5.41, 5.74) is 1.08. The van der Waals surface area contributed by atoms with E-state index in [9.17, 15) is 18.8 Å². The Kier molecular flexibility index (Phi) is 6.71. The van der Waals surface area contributed by atoms with Gasteiger partial charge in [0.25, 0.3) is 11.1 Å². The fourth-order valence-corrected chi connectivity index (χ4v) is 3.77. The van der Waals surface area contributed by atoms with Crippen molar-refractivity contribution in [2.75, 3.05) is 18.5 Å². The number of carbonyl (C=O) groups is 3. The SMILES string of the molecule is CCOc1ccc(NC(=O)CN2C(=O)S/C(=C/c3ccc(F)c(Br)c3)C2=O)cc1. The summed E-state index contributed by atoms with van der Waals surface area (Å²) in [5.74, 6) is -0.820. The van der Waals surface area contributed by atoms with Crippen LogP contribution in [0.4, 0.5) is 14.9 Å². The van der Waals surface area contributed by atoms with E-state index in [1.165, 1.54) is 24.3 Å². The first kappa shape index (κ1) is 21.1. The molecule has 0 aliphatic carbocycles. The Morgan fingerprint density at radius 2 is 1.97 bits per heavy atom. The van der Waals surface area contributed by atoms with Gasteiger partial charge in [0.05, 0.1) is 16.0 Å². The largest absolute Gasteiger partial charge is 0.494 e. The maximum Gasteiger partial charge on any atom is 0.294 e. The van der Waals surface area contributed by atoms with Crippen LogP contribution in [0.3, 0.4) is 0 Å². The molecule has 1 aliphatic rings. The zero-order valence-corrected chi connectivity index (χ0v) is 17.7. The minimum absolute atomic E-state index is 0.169. The fourth-order valence-electron chi connectivity index (χ4n) is 2.54. The molecule has 1 heterocycles. The number of halogens is 2. The number of ether oxygens (including phenoxy) is 1. The number of amides is 3. The number of carbonyl (C=O) groups excluding carboxylic acids is 3. The Hall–Kier alpha value is -2.65. The van der Waals surface area contributed by atoms with Crippen molar-refractivity contribution in [2.45, 2.75) is 6.92 Å². The van der Waals surface area contributed by atoms with Gasteiger partial charge in [-0.05, 0) is 82.7 Å². The lowest BCUT2D eigenvalue weighted by molar-refractivity contribution is -0.127. The number of hydrogen-bond donors (Lipinski definition) is 1. The van der Waals surface area contributed by atoms with Crippen molar-refractivity contribution in [1.29, 1.82) is 0 Å². The van der Waals surface area contributed by atoms with Gasteiger partial charge in [0.2, 0.25) is 5.91 Å². The topological polar surface area (TPSA) is 75.7 Å². The molecule has 6 nitrogen and oxygen atoms in total. The van der Waals surface area contributed by atoms with E-state index in [0.717, 1.165) is 16.7 Å². The Morgan fingerprint density at radius 3 is 2.62 bits per heavy atom. The van der Waals surface area contributed by atoms with E-state index >= 15 is 0 Å². The molecule has 3 amide bonds. The summed E-state index contributed by atoms with van der Waals surface area (Å²) < 4.78 is 18.9. The number of thioether (sulfide) groups is 1. The van der Waals surface area contributed by atoms with Crippen LogP contribution in [0.15, 0.2) is 51.8 Å². The van der Waals surface area contributed by atoms with Crippen molar-refractivity contribution < 1.29 is 23.5 Å². The monoisotopic (exact) mass is 478 g/mol.